The number of hydrogen-bond donors (Lipinski definition) is 0. The van der Waals surface area contributed by atoms with Crippen LogP contribution in [-0.4, -0.2) is 14.8 Å². The lowest BCUT2D eigenvalue weighted by molar-refractivity contribution is -0.137. The molecule has 0 bridgehead atoms. The lowest BCUT2D eigenvalue weighted by Gasteiger charge is -2.15. The molecule has 0 saturated heterocycles. The maximum atomic E-state index is 12.8. The van der Waals surface area contributed by atoms with E-state index < -0.39 is 11.7 Å². The summed E-state index contributed by atoms with van der Waals surface area (Å²) in [5, 5.41) is 7.72. The molecule has 0 amide bonds. The van der Waals surface area contributed by atoms with Crippen LogP contribution in [0.4, 0.5) is 13.2 Å². The van der Waals surface area contributed by atoms with E-state index in [1.54, 1.807) is 6.92 Å². The summed E-state index contributed by atoms with van der Waals surface area (Å²) in [7, 11) is 0. The van der Waals surface area contributed by atoms with Gasteiger partial charge in [-0.25, -0.2) is 0 Å². The minimum Gasteiger partial charge on any atom is -0.269 e. The fourth-order valence-corrected chi connectivity index (χ4v) is 2.11. The topological polar surface area (TPSA) is 30.7 Å². The third-order valence-electron chi connectivity index (χ3n) is 2.94. The van der Waals surface area contributed by atoms with Crippen LogP contribution >= 0.6 is 11.6 Å². The van der Waals surface area contributed by atoms with Crippen LogP contribution in [0.1, 0.15) is 36.7 Å². The van der Waals surface area contributed by atoms with Crippen LogP contribution in [0.2, 0.25) is 5.28 Å². The summed E-state index contributed by atoms with van der Waals surface area (Å²) in [6.45, 7) is 5.47. The van der Waals surface area contributed by atoms with Crippen LogP contribution in [0.5, 0.6) is 0 Å². The standard InChI is InChI=1S/C13H13ClF3N3/c1-7(2)11-18-19-12(14)20(11)10-6-9(13(15,16)17)5-4-8(10)3/h4-7H,1-3H3. The molecule has 1 aromatic heterocycles. The van der Waals surface area contributed by atoms with Gasteiger partial charge in [0, 0.05) is 5.92 Å². The second-order valence-electron chi connectivity index (χ2n) is 4.82. The van der Waals surface area contributed by atoms with E-state index in [2.05, 4.69) is 10.2 Å². The molecule has 0 aliphatic carbocycles. The molecular formula is C13H13ClF3N3. The summed E-state index contributed by atoms with van der Waals surface area (Å²) in [5.74, 6) is 0.515. The maximum absolute atomic E-state index is 12.8. The highest BCUT2D eigenvalue weighted by atomic mass is 35.5. The molecule has 0 N–H and O–H groups in total. The Morgan fingerprint density at radius 3 is 2.40 bits per heavy atom. The Morgan fingerprint density at radius 2 is 1.85 bits per heavy atom. The van der Waals surface area contributed by atoms with Crippen molar-refractivity contribution in [3.05, 3.63) is 40.4 Å². The molecule has 2 rings (SSSR count). The highest BCUT2D eigenvalue weighted by Crippen LogP contribution is 2.33. The Kier molecular flexibility index (Phi) is 3.77. The minimum absolute atomic E-state index is 0.0102. The second kappa shape index (κ2) is 5.09. The van der Waals surface area contributed by atoms with Crippen LogP contribution in [-0.2, 0) is 6.18 Å². The van der Waals surface area contributed by atoms with Gasteiger partial charge >= 0.3 is 6.18 Å². The van der Waals surface area contributed by atoms with E-state index in [1.807, 2.05) is 13.8 Å². The third kappa shape index (κ3) is 2.65. The predicted octanol–water partition coefficient (Wildman–Crippen LogP) is 4.37. The molecule has 0 aliphatic heterocycles. The fraction of sp³-hybridized carbons (Fsp3) is 0.385. The Labute approximate surface area is 119 Å². The first-order valence-corrected chi connectivity index (χ1v) is 6.38. The molecule has 0 radical (unpaired) electrons. The number of aryl methyl sites for hydroxylation is 1. The lowest BCUT2D eigenvalue weighted by atomic mass is 10.1. The first-order chi connectivity index (χ1) is 9.21. The number of hydrogen-bond acceptors (Lipinski definition) is 2. The smallest absolute Gasteiger partial charge is 0.269 e. The number of halogens is 4. The quantitative estimate of drug-likeness (QED) is 0.824. The van der Waals surface area contributed by atoms with Crippen molar-refractivity contribution in [3.63, 3.8) is 0 Å². The summed E-state index contributed by atoms with van der Waals surface area (Å²) < 4.78 is 39.9. The van der Waals surface area contributed by atoms with Gasteiger partial charge in [-0.05, 0) is 36.2 Å². The van der Waals surface area contributed by atoms with Crippen molar-refractivity contribution in [3.8, 4) is 5.69 Å². The van der Waals surface area contributed by atoms with Crippen LogP contribution in [0.25, 0.3) is 5.69 Å². The molecule has 0 fully saturated rings. The summed E-state index contributed by atoms with van der Waals surface area (Å²) >= 11 is 5.97. The highest BCUT2D eigenvalue weighted by molar-refractivity contribution is 6.28. The van der Waals surface area contributed by atoms with Crippen LogP contribution in [0.15, 0.2) is 18.2 Å². The van der Waals surface area contributed by atoms with Crippen molar-refractivity contribution in [1.29, 1.82) is 0 Å². The van der Waals surface area contributed by atoms with E-state index in [0.717, 1.165) is 12.1 Å². The summed E-state index contributed by atoms with van der Waals surface area (Å²) in [6.07, 6.45) is -4.40. The largest absolute Gasteiger partial charge is 0.416 e. The molecule has 2 aromatic rings. The number of aromatic nitrogens is 3. The van der Waals surface area contributed by atoms with E-state index in [-0.39, 0.29) is 11.2 Å². The van der Waals surface area contributed by atoms with Crippen molar-refractivity contribution < 1.29 is 13.2 Å². The Bertz CT molecular complexity index is 632. The molecule has 3 nitrogen and oxygen atoms in total. The molecule has 108 valence electrons. The first kappa shape index (κ1) is 14.8. The van der Waals surface area contributed by atoms with Gasteiger partial charge in [0.15, 0.2) is 0 Å². The molecule has 0 unspecified atom stereocenters. The average molecular weight is 304 g/mol. The second-order valence-corrected chi connectivity index (χ2v) is 5.15. The zero-order valence-electron chi connectivity index (χ0n) is 11.2. The van der Waals surface area contributed by atoms with Gasteiger partial charge in [-0.2, -0.15) is 13.2 Å². The summed E-state index contributed by atoms with van der Waals surface area (Å²) in [5.41, 5.74) is 0.290. The van der Waals surface area contributed by atoms with E-state index in [1.165, 1.54) is 10.6 Å². The molecule has 0 atom stereocenters. The van der Waals surface area contributed by atoms with Crippen molar-refractivity contribution in [2.45, 2.75) is 32.9 Å². The fourth-order valence-electron chi connectivity index (χ4n) is 1.90. The molecule has 0 spiro atoms. The van der Waals surface area contributed by atoms with E-state index in [4.69, 9.17) is 11.6 Å². The third-order valence-corrected chi connectivity index (χ3v) is 3.19. The van der Waals surface area contributed by atoms with Crippen LogP contribution < -0.4 is 0 Å². The molecule has 1 heterocycles. The molecule has 0 aliphatic rings. The molecule has 1 aromatic carbocycles. The normalized spacial score (nSPS) is 12.2. The Balaban J connectivity index is 2.67. The number of rotatable bonds is 2. The Hall–Kier alpha value is -1.56. The van der Waals surface area contributed by atoms with Crippen molar-refractivity contribution in [2.24, 2.45) is 0 Å². The molecular weight excluding hydrogens is 291 g/mol. The van der Waals surface area contributed by atoms with Crippen LogP contribution in [0, 0.1) is 6.92 Å². The van der Waals surface area contributed by atoms with E-state index >= 15 is 0 Å². The first-order valence-electron chi connectivity index (χ1n) is 6.01. The molecule has 20 heavy (non-hydrogen) atoms. The molecule has 7 heteroatoms. The van der Waals surface area contributed by atoms with Gasteiger partial charge in [-0.15, -0.1) is 10.2 Å². The van der Waals surface area contributed by atoms with Gasteiger partial charge in [0.1, 0.15) is 5.82 Å². The van der Waals surface area contributed by atoms with Crippen LogP contribution in [0.3, 0.4) is 0 Å². The van der Waals surface area contributed by atoms with Gasteiger partial charge in [0.25, 0.3) is 0 Å². The number of nitrogens with zero attached hydrogens (tertiary/aromatic N) is 3. The van der Waals surface area contributed by atoms with E-state index in [9.17, 15) is 13.2 Å². The SMILES string of the molecule is Cc1ccc(C(F)(F)F)cc1-n1c(Cl)nnc1C(C)C. The summed E-state index contributed by atoms with van der Waals surface area (Å²) in [6, 6.07) is 3.53. The zero-order chi connectivity index (χ0) is 15.1. The Morgan fingerprint density at radius 1 is 1.20 bits per heavy atom. The van der Waals surface area contributed by atoms with Crippen molar-refractivity contribution >= 4 is 11.6 Å². The summed E-state index contributed by atoms with van der Waals surface area (Å²) in [4.78, 5) is 0. The van der Waals surface area contributed by atoms with E-state index in [0.29, 0.717) is 17.1 Å². The average Bonchev–Trinajstić information content (AvgIpc) is 2.70. The number of alkyl halides is 3. The predicted molar refractivity (Wildman–Crippen MR) is 70.2 cm³/mol. The highest BCUT2D eigenvalue weighted by Gasteiger charge is 2.31. The zero-order valence-corrected chi connectivity index (χ0v) is 11.9. The minimum atomic E-state index is -4.40. The van der Waals surface area contributed by atoms with Crippen molar-refractivity contribution in [2.75, 3.05) is 0 Å². The monoisotopic (exact) mass is 303 g/mol. The molecule has 0 saturated carbocycles. The van der Waals surface area contributed by atoms with Crippen molar-refractivity contribution in [1.82, 2.24) is 14.8 Å². The van der Waals surface area contributed by atoms with Gasteiger partial charge < -0.3 is 0 Å². The maximum Gasteiger partial charge on any atom is 0.416 e. The number of benzene rings is 1. The van der Waals surface area contributed by atoms with Gasteiger partial charge in [0.05, 0.1) is 11.3 Å². The van der Waals surface area contributed by atoms with Gasteiger partial charge in [0.2, 0.25) is 5.28 Å². The lowest BCUT2D eigenvalue weighted by Crippen LogP contribution is -2.09. The van der Waals surface area contributed by atoms with Gasteiger partial charge in [-0.3, -0.25) is 4.57 Å². The van der Waals surface area contributed by atoms with Gasteiger partial charge in [-0.1, -0.05) is 19.9 Å².